The van der Waals surface area contributed by atoms with Gasteiger partial charge in [0.1, 0.15) is 0 Å². The van der Waals surface area contributed by atoms with E-state index >= 15 is 0 Å². The molecule has 1 unspecified atom stereocenters. The lowest BCUT2D eigenvalue weighted by atomic mass is 10.0. The van der Waals surface area contributed by atoms with E-state index in [1.165, 1.54) is 12.8 Å². The highest BCUT2D eigenvalue weighted by atomic mass is 32.2. The summed E-state index contributed by atoms with van der Waals surface area (Å²) in [6.45, 7) is 7.31. The Labute approximate surface area is 123 Å². The zero-order valence-electron chi connectivity index (χ0n) is 13.0. The molecule has 20 heavy (non-hydrogen) atoms. The number of rotatable bonds is 7. The van der Waals surface area contributed by atoms with Crippen LogP contribution < -0.4 is 10.0 Å². The third kappa shape index (κ3) is 4.41. The highest BCUT2D eigenvalue weighted by Crippen LogP contribution is 2.23. The molecule has 0 bridgehead atoms. The number of piperidine rings is 1. The molecule has 6 heteroatoms. The molecule has 1 saturated heterocycles. The fourth-order valence-electron chi connectivity index (χ4n) is 2.56. The molecule has 118 valence electrons. The molecule has 0 aromatic rings. The van der Waals surface area contributed by atoms with Gasteiger partial charge in [0, 0.05) is 30.7 Å². The summed E-state index contributed by atoms with van der Waals surface area (Å²) < 4.78 is 29.8. The highest BCUT2D eigenvalue weighted by Gasteiger charge is 2.35. The van der Waals surface area contributed by atoms with Gasteiger partial charge in [0.15, 0.2) is 0 Å². The van der Waals surface area contributed by atoms with Crippen LogP contribution in [0.1, 0.15) is 59.3 Å². The Kier molecular flexibility index (Phi) is 5.10. The van der Waals surface area contributed by atoms with E-state index in [9.17, 15) is 8.42 Å². The van der Waals surface area contributed by atoms with Gasteiger partial charge in [-0.05, 0) is 46.0 Å². The molecule has 1 saturated carbocycles. The summed E-state index contributed by atoms with van der Waals surface area (Å²) in [7, 11) is -3.39. The maximum atomic E-state index is 12.6. The molecule has 2 rings (SSSR count). The summed E-state index contributed by atoms with van der Waals surface area (Å²) in [5.41, 5.74) is -0.384. The minimum Gasteiger partial charge on any atom is -0.312 e. The minimum atomic E-state index is -3.39. The smallest absolute Gasteiger partial charge is 0.280 e. The zero-order valence-corrected chi connectivity index (χ0v) is 13.8. The van der Waals surface area contributed by atoms with Crippen LogP contribution >= 0.6 is 0 Å². The third-order valence-electron chi connectivity index (χ3n) is 4.39. The number of nitrogens with zero attached hydrogens (tertiary/aromatic N) is 1. The summed E-state index contributed by atoms with van der Waals surface area (Å²) in [6.07, 6.45) is 6.31. The molecule has 5 nitrogen and oxygen atoms in total. The molecular weight excluding hydrogens is 274 g/mol. The van der Waals surface area contributed by atoms with Crippen molar-refractivity contribution in [2.75, 3.05) is 13.1 Å². The van der Waals surface area contributed by atoms with Gasteiger partial charge in [-0.2, -0.15) is 17.4 Å². The van der Waals surface area contributed by atoms with Gasteiger partial charge < -0.3 is 5.32 Å². The fraction of sp³-hybridized carbons (Fsp3) is 1.00. The van der Waals surface area contributed by atoms with Crippen molar-refractivity contribution in [2.45, 2.75) is 76.9 Å². The Morgan fingerprint density at radius 3 is 2.50 bits per heavy atom. The topological polar surface area (TPSA) is 61.4 Å². The Morgan fingerprint density at radius 1 is 1.20 bits per heavy atom. The molecule has 1 aliphatic heterocycles. The average molecular weight is 303 g/mol. The van der Waals surface area contributed by atoms with Crippen LogP contribution in [-0.4, -0.2) is 43.4 Å². The van der Waals surface area contributed by atoms with Crippen LogP contribution in [0.15, 0.2) is 0 Å². The zero-order chi connectivity index (χ0) is 14.8. The van der Waals surface area contributed by atoms with Crippen LogP contribution in [0, 0.1) is 0 Å². The Morgan fingerprint density at radius 2 is 1.90 bits per heavy atom. The van der Waals surface area contributed by atoms with Crippen molar-refractivity contribution >= 4 is 10.2 Å². The van der Waals surface area contributed by atoms with E-state index in [4.69, 9.17) is 0 Å². The first-order valence-corrected chi connectivity index (χ1v) is 9.32. The van der Waals surface area contributed by atoms with E-state index < -0.39 is 10.2 Å². The maximum Gasteiger partial charge on any atom is 0.280 e. The molecular formula is C14H29N3O2S. The summed E-state index contributed by atoms with van der Waals surface area (Å²) in [6, 6.07) is 0.732. The summed E-state index contributed by atoms with van der Waals surface area (Å²) in [4.78, 5) is 0. The van der Waals surface area contributed by atoms with Gasteiger partial charge in [-0.25, -0.2) is 0 Å². The van der Waals surface area contributed by atoms with E-state index in [1.807, 2.05) is 20.8 Å². The fourth-order valence-corrected chi connectivity index (χ4v) is 4.47. The number of hydrogen-bond donors (Lipinski definition) is 2. The molecule has 2 N–H and O–H groups in total. The summed E-state index contributed by atoms with van der Waals surface area (Å²) >= 11 is 0. The van der Waals surface area contributed by atoms with Gasteiger partial charge in [0.25, 0.3) is 10.2 Å². The quantitative estimate of drug-likeness (QED) is 0.751. The molecule has 0 aromatic carbocycles. The standard InChI is InChI=1S/C14H29N3O2S/c1-4-14(2,3)16-20(18,19)17-10-6-5-7-13(17)11-15-12-8-9-12/h12-13,15-16H,4-11H2,1-3H3. The second kappa shape index (κ2) is 6.30. The van der Waals surface area contributed by atoms with Crippen LogP contribution in [0.2, 0.25) is 0 Å². The number of hydrogen-bond acceptors (Lipinski definition) is 3. The molecule has 0 amide bonds. The largest absolute Gasteiger partial charge is 0.312 e. The second-order valence-corrected chi connectivity index (χ2v) is 8.41. The van der Waals surface area contributed by atoms with E-state index in [-0.39, 0.29) is 11.6 Å². The Bertz CT molecular complexity index is 418. The summed E-state index contributed by atoms with van der Waals surface area (Å²) in [5, 5.41) is 3.47. The molecule has 1 aliphatic carbocycles. The lowest BCUT2D eigenvalue weighted by Gasteiger charge is -2.37. The number of nitrogens with one attached hydrogen (secondary N) is 2. The maximum absolute atomic E-state index is 12.6. The van der Waals surface area contributed by atoms with E-state index in [2.05, 4.69) is 10.0 Å². The van der Waals surface area contributed by atoms with Gasteiger partial charge in [-0.3, -0.25) is 0 Å². The average Bonchev–Trinajstić information content (AvgIpc) is 3.19. The highest BCUT2D eigenvalue weighted by molar-refractivity contribution is 7.87. The van der Waals surface area contributed by atoms with Gasteiger partial charge >= 0.3 is 0 Å². The van der Waals surface area contributed by atoms with Crippen molar-refractivity contribution in [3.63, 3.8) is 0 Å². The molecule has 2 aliphatic rings. The van der Waals surface area contributed by atoms with Crippen LogP contribution in [0.25, 0.3) is 0 Å². The van der Waals surface area contributed by atoms with E-state index in [0.717, 1.165) is 32.2 Å². The normalized spacial score (nSPS) is 25.9. The van der Waals surface area contributed by atoms with Crippen molar-refractivity contribution in [1.29, 1.82) is 0 Å². The van der Waals surface area contributed by atoms with Crippen molar-refractivity contribution in [3.05, 3.63) is 0 Å². The van der Waals surface area contributed by atoms with Gasteiger partial charge in [0.2, 0.25) is 0 Å². The molecule has 0 aromatic heterocycles. The predicted octanol–water partition coefficient (Wildman–Crippen LogP) is 1.62. The van der Waals surface area contributed by atoms with Gasteiger partial charge in [0.05, 0.1) is 0 Å². The van der Waals surface area contributed by atoms with Crippen molar-refractivity contribution < 1.29 is 8.42 Å². The second-order valence-electron chi connectivity index (χ2n) is 6.79. The monoisotopic (exact) mass is 303 g/mol. The predicted molar refractivity (Wildman–Crippen MR) is 81.8 cm³/mol. The molecule has 0 spiro atoms. The van der Waals surface area contributed by atoms with Crippen LogP contribution in [0.3, 0.4) is 0 Å². The molecule has 1 atom stereocenters. The van der Waals surface area contributed by atoms with Gasteiger partial charge in [-0.15, -0.1) is 0 Å². The first-order valence-electron chi connectivity index (χ1n) is 7.88. The molecule has 1 heterocycles. The Hall–Kier alpha value is -0.170. The first-order chi connectivity index (χ1) is 9.34. The Balaban J connectivity index is 2.01. The van der Waals surface area contributed by atoms with Gasteiger partial charge in [-0.1, -0.05) is 13.3 Å². The first kappa shape index (κ1) is 16.2. The SMILES string of the molecule is CCC(C)(C)NS(=O)(=O)N1CCCCC1CNC1CC1. The van der Waals surface area contributed by atoms with Crippen LogP contribution in [0.4, 0.5) is 0 Å². The minimum absolute atomic E-state index is 0.106. The van der Waals surface area contributed by atoms with Crippen LogP contribution in [0.5, 0.6) is 0 Å². The molecule has 2 fully saturated rings. The van der Waals surface area contributed by atoms with Crippen molar-refractivity contribution in [3.8, 4) is 0 Å². The van der Waals surface area contributed by atoms with E-state index in [0.29, 0.717) is 12.6 Å². The molecule has 0 radical (unpaired) electrons. The lowest BCUT2D eigenvalue weighted by Crippen LogP contribution is -2.56. The van der Waals surface area contributed by atoms with Crippen molar-refractivity contribution in [1.82, 2.24) is 14.3 Å². The third-order valence-corrected chi connectivity index (χ3v) is 6.30. The lowest BCUT2D eigenvalue weighted by molar-refractivity contribution is 0.237. The van der Waals surface area contributed by atoms with E-state index in [1.54, 1.807) is 4.31 Å². The summed E-state index contributed by atoms with van der Waals surface area (Å²) in [5.74, 6) is 0. The van der Waals surface area contributed by atoms with Crippen LogP contribution in [-0.2, 0) is 10.2 Å². The van der Waals surface area contributed by atoms with Crippen molar-refractivity contribution in [2.24, 2.45) is 0 Å².